The molecular weight excluding hydrogens is 355 g/mol. The molecule has 1 aliphatic carbocycles. The highest BCUT2D eigenvalue weighted by molar-refractivity contribution is 5.94. The number of fused-ring (bicyclic) bond motifs is 1. The molecule has 2 aliphatic rings. The number of aromatic nitrogens is 1. The number of carbonyl (C=O) groups is 1. The van der Waals surface area contributed by atoms with Crippen molar-refractivity contribution in [2.75, 3.05) is 31.1 Å². The third-order valence-electron chi connectivity index (χ3n) is 5.31. The molecule has 142 valence electrons. The summed E-state index contributed by atoms with van der Waals surface area (Å²) >= 11 is 0. The highest BCUT2D eigenvalue weighted by Crippen LogP contribution is 2.29. The molecule has 1 amide bonds. The number of aryl methyl sites for hydroxylation is 2. The van der Waals surface area contributed by atoms with Gasteiger partial charge >= 0.3 is 6.18 Å². The molecule has 0 atom stereocenters. The molecule has 27 heavy (non-hydrogen) atoms. The maximum Gasteiger partial charge on any atom is 0.417 e. The summed E-state index contributed by atoms with van der Waals surface area (Å²) in [5.41, 5.74) is 2.58. The van der Waals surface area contributed by atoms with Crippen molar-refractivity contribution in [2.45, 2.75) is 25.4 Å². The van der Waals surface area contributed by atoms with Crippen molar-refractivity contribution in [3.8, 4) is 0 Å². The van der Waals surface area contributed by atoms with Crippen molar-refractivity contribution >= 4 is 11.7 Å². The zero-order valence-corrected chi connectivity index (χ0v) is 14.8. The molecule has 2 aromatic rings. The fraction of sp³-hybridized carbons (Fsp3) is 0.400. The lowest BCUT2D eigenvalue weighted by atomic mass is 10.1. The van der Waals surface area contributed by atoms with E-state index in [9.17, 15) is 18.0 Å². The average molecular weight is 375 g/mol. The van der Waals surface area contributed by atoms with Crippen LogP contribution in [0.25, 0.3) is 0 Å². The van der Waals surface area contributed by atoms with Crippen LogP contribution >= 0.6 is 0 Å². The Bertz CT molecular complexity index is 841. The summed E-state index contributed by atoms with van der Waals surface area (Å²) in [4.78, 5) is 20.4. The molecule has 0 bridgehead atoms. The van der Waals surface area contributed by atoms with Crippen LogP contribution in [0.5, 0.6) is 0 Å². The Morgan fingerprint density at radius 3 is 2.37 bits per heavy atom. The quantitative estimate of drug-likeness (QED) is 0.806. The molecular formula is C20H20F3N3O. The van der Waals surface area contributed by atoms with Crippen LogP contribution in [0.2, 0.25) is 0 Å². The second-order valence-corrected chi connectivity index (χ2v) is 7.02. The number of hydrogen-bond acceptors (Lipinski definition) is 3. The Labute approximate surface area is 155 Å². The predicted molar refractivity (Wildman–Crippen MR) is 95.8 cm³/mol. The molecule has 7 heteroatoms. The highest BCUT2D eigenvalue weighted by Gasteiger charge is 2.31. The molecule has 0 saturated carbocycles. The summed E-state index contributed by atoms with van der Waals surface area (Å²) in [6.45, 7) is 2.15. The second kappa shape index (κ2) is 6.87. The van der Waals surface area contributed by atoms with Gasteiger partial charge in [0, 0.05) is 37.9 Å². The molecule has 2 heterocycles. The molecule has 4 nitrogen and oxygen atoms in total. The van der Waals surface area contributed by atoms with E-state index in [0.717, 1.165) is 37.1 Å². The third-order valence-corrected chi connectivity index (χ3v) is 5.31. The summed E-state index contributed by atoms with van der Waals surface area (Å²) in [6, 6.07) is 8.40. The van der Waals surface area contributed by atoms with E-state index in [1.807, 2.05) is 17.0 Å². The van der Waals surface area contributed by atoms with Gasteiger partial charge in [0.15, 0.2) is 0 Å². The Morgan fingerprint density at radius 2 is 1.70 bits per heavy atom. The van der Waals surface area contributed by atoms with Gasteiger partial charge in [0.05, 0.1) is 5.56 Å². The standard InChI is InChI=1S/C20H20F3N3O/c21-20(22,23)17-6-7-18(24-13-17)25-8-10-26(11-9-25)19(27)16-5-4-14-2-1-3-15(14)12-16/h4-7,12-13H,1-3,8-11H2. The summed E-state index contributed by atoms with van der Waals surface area (Å²) < 4.78 is 37.9. The first-order chi connectivity index (χ1) is 12.9. The number of hydrogen-bond donors (Lipinski definition) is 0. The van der Waals surface area contributed by atoms with Gasteiger partial charge in [-0.05, 0) is 54.7 Å². The Hall–Kier alpha value is -2.57. The first-order valence-electron chi connectivity index (χ1n) is 9.11. The first kappa shape index (κ1) is 17.8. The Kier molecular flexibility index (Phi) is 4.53. The van der Waals surface area contributed by atoms with Crippen LogP contribution in [-0.4, -0.2) is 42.0 Å². The van der Waals surface area contributed by atoms with Crippen LogP contribution in [0.1, 0.15) is 33.5 Å². The molecule has 4 rings (SSSR count). The molecule has 1 aromatic carbocycles. The first-order valence-corrected chi connectivity index (χ1v) is 9.11. The number of halogens is 3. The molecule has 0 spiro atoms. The van der Waals surface area contributed by atoms with Crippen molar-refractivity contribution < 1.29 is 18.0 Å². The summed E-state index contributed by atoms with van der Waals surface area (Å²) in [7, 11) is 0. The fourth-order valence-electron chi connectivity index (χ4n) is 3.77. The van der Waals surface area contributed by atoms with Gasteiger partial charge < -0.3 is 9.80 Å². The number of nitrogens with zero attached hydrogens (tertiary/aromatic N) is 3. The zero-order chi connectivity index (χ0) is 19.0. The van der Waals surface area contributed by atoms with Crippen LogP contribution in [0, 0.1) is 0 Å². The number of amides is 1. The molecule has 1 saturated heterocycles. The largest absolute Gasteiger partial charge is 0.417 e. The molecule has 0 radical (unpaired) electrons. The van der Waals surface area contributed by atoms with E-state index in [2.05, 4.69) is 11.1 Å². The molecule has 1 aliphatic heterocycles. The van der Waals surface area contributed by atoms with Crippen LogP contribution in [0.15, 0.2) is 36.5 Å². The maximum absolute atomic E-state index is 12.8. The molecule has 1 aromatic heterocycles. The molecule has 0 unspecified atom stereocenters. The highest BCUT2D eigenvalue weighted by atomic mass is 19.4. The lowest BCUT2D eigenvalue weighted by Gasteiger charge is -2.35. The van der Waals surface area contributed by atoms with Gasteiger partial charge in [-0.2, -0.15) is 13.2 Å². The second-order valence-electron chi connectivity index (χ2n) is 7.02. The lowest BCUT2D eigenvalue weighted by Crippen LogP contribution is -2.49. The minimum Gasteiger partial charge on any atom is -0.353 e. The van der Waals surface area contributed by atoms with Crippen molar-refractivity contribution in [3.05, 3.63) is 58.8 Å². The normalized spacial score (nSPS) is 17.1. The van der Waals surface area contributed by atoms with Gasteiger partial charge in [-0.3, -0.25) is 4.79 Å². The number of anilines is 1. The summed E-state index contributed by atoms with van der Waals surface area (Å²) in [5.74, 6) is 0.525. The number of carbonyl (C=O) groups excluding carboxylic acids is 1. The minimum absolute atomic E-state index is 0.0183. The van der Waals surface area contributed by atoms with Crippen molar-refractivity contribution in [2.24, 2.45) is 0 Å². The molecule has 1 fully saturated rings. The SMILES string of the molecule is O=C(c1ccc2c(c1)CCC2)N1CCN(c2ccc(C(F)(F)F)cn2)CC1. The summed E-state index contributed by atoms with van der Waals surface area (Å²) in [6.07, 6.45) is -0.262. The van der Waals surface area contributed by atoms with Gasteiger partial charge in [0.25, 0.3) is 5.91 Å². The maximum atomic E-state index is 12.8. The van der Waals surface area contributed by atoms with E-state index in [1.165, 1.54) is 17.2 Å². The smallest absolute Gasteiger partial charge is 0.353 e. The third kappa shape index (κ3) is 3.63. The van der Waals surface area contributed by atoms with E-state index >= 15 is 0 Å². The number of alkyl halides is 3. The lowest BCUT2D eigenvalue weighted by molar-refractivity contribution is -0.137. The zero-order valence-electron chi connectivity index (χ0n) is 14.8. The van der Waals surface area contributed by atoms with Crippen LogP contribution in [-0.2, 0) is 19.0 Å². The van der Waals surface area contributed by atoms with E-state index in [4.69, 9.17) is 0 Å². The van der Waals surface area contributed by atoms with Crippen molar-refractivity contribution in [1.82, 2.24) is 9.88 Å². The topological polar surface area (TPSA) is 36.4 Å². The van der Waals surface area contributed by atoms with E-state index in [-0.39, 0.29) is 5.91 Å². The van der Waals surface area contributed by atoms with E-state index in [1.54, 1.807) is 4.90 Å². The number of pyridine rings is 1. The summed E-state index contributed by atoms with van der Waals surface area (Å²) in [5, 5.41) is 0. The number of rotatable bonds is 2. The Balaban J connectivity index is 1.39. The van der Waals surface area contributed by atoms with E-state index in [0.29, 0.717) is 32.0 Å². The average Bonchev–Trinajstić information content (AvgIpc) is 3.15. The van der Waals surface area contributed by atoms with Crippen LogP contribution in [0.3, 0.4) is 0 Å². The van der Waals surface area contributed by atoms with Gasteiger partial charge in [-0.25, -0.2) is 4.98 Å². The Morgan fingerprint density at radius 1 is 0.963 bits per heavy atom. The van der Waals surface area contributed by atoms with Gasteiger partial charge in [-0.15, -0.1) is 0 Å². The van der Waals surface area contributed by atoms with E-state index < -0.39 is 11.7 Å². The molecule has 0 N–H and O–H groups in total. The monoisotopic (exact) mass is 375 g/mol. The van der Waals surface area contributed by atoms with Crippen LogP contribution in [0.4, 0.5) is 19.0 Å². The van der Waals surface area contributed by atoms with Crippen LogP contribution < -0.4 is 4.90 Å². The van der Waals surface area contributed by atoms with Gasteiger partial charge in [0.1, 0.15) is 5.82 Å². The van der Waals surface area contributed by atoms with Crippen molar-refractivity contribution in [1.29, 1.82) is 0 Å². The fourth-order valence-corrected chi connectivity index (χ4v) is 3.77. The van der Waals surface area contributed by atoms with Gasteiger partial charge in [0.2, 0.25) is 0 Å². The minimum atomic E-state index is -4.38. The number of piperazine rings is 1. The van der Waals surface area contributed by atoms with Gasteiger partial charge in [-0.1, -0.05) is 6.07 Å². The van der Waals surface area contributed by atoms with Crippen molar-refractivity contribution in [3.63, 3.8) is 0 Å². The predicted octanol–water partition coefficient (Wildman–Crippen LogP) is 3.55. The number of benzene rings is 1.